The molecule has 0 saturated carbocycles. The van der Waals surface area contributed by atoms with Crippen LogP contribution in [0.5, 0.6) is 0 Å². The SMILES string of the molecule is CC/C=C\C/C=C\C/C=C\C/C=C\C/C=C\CCCCCCCCCCCCCCCCCCCCCCCCCC(=O)OC(CO)COC(=O)CCCCCCCCCCCCCC. The first-order chi connectivity index (χ1) is 32.1. The van der Waals surface area contributed by atoms with Crippen molar-refractivity contribution in [2.45, 2.75) is 296 Å². The average Bonchev–Trinajstić information content (AvgIpc) is 3.31. The van der Waals surface area contributed by atoms with E-state index in [0.29, 0.717) is 12.8 Å². The van der Waals surface area contributed by atoms with Crippen LogP contribution in [0.2, 0.25) is 0 Å². The number of hydrogen-bond donors (Lipinski definition) is 1. The Morgan fingerprint density at radius 3 is 1.00 bits per heavy atom. The second-order valence-electron chi connectivity index (χ2n) is 19.0. The Hall–Kier alpha value is -2.40. The van der Waals surface area contributed by atoms with Gasteiger partial charge in [-0.3, -0.25) is 9.59 Å². The van der Waals surface area contributed by atoms with E-state index in [1.165, 1.54) is 193 Å². The summed E-state index contributed by atoms with van der Waals surface area (Å²) in [5, 5.41) is 9.61. The Bertz CT molecular complexity index is 1120. The van der Waals surface area contributed by atoms with Crippen molar-refractivity contribution in [3.05, 3.63) is 60.8 Å². The Morgan fingerprint density at radius 1 is 0.369 bits per heavy atom. The molecule has 5 nitrogen and oxygen atoms in total. The minimum Gasteiger partial charge on any atom is -0.462 e. The van der Waals surface area contributed by atoms with E-state index >= 15 is 0 Å². The van der Waals surface area contributed by atoms with Crippen molar-refractivity contribution in [1.29, 1.82) is 0 Å². The van der Waals surface area contributed by atoms with E-state index in [1.54, 1.807) is 0 Å². The Labute approximate surface area is 404 Å². The fourth-order valence-electron chi connectivity index (χ4n) is 8.35. The Balaban J connectivity index is 3.39. The number of aliphatic hydroxyl groups excluding tert-OH is 1. The van der Waals surface area contributed by atoms with Gasteiger partial charge in [0.1, 0.15) is 6.61 Å². The van der Waals surface area contributed by atoms with E-state index in [1.807, 2.05) is 0 Å². The standard InChI is InChI=1S/C60H108O5/c1-3-5-7-9-11-13-15-17-18-19-20-21-22-23-24-25-26-27-28-29-30-31-32-33-34-35-36-37-38-39-40-41-42-43-45-47-49-51-53-55-60(63)65-58(56-61)57-64-59(62)54-52-50-48-46-44-16-14-12-10-8-6-4-2/h5,7,11,13,17-18,20-21,23-24,58,61H,3-4,6,8-10,12,14-16,19,22,25-57H2,1-2H3/b7-5-,13-11-,18-17-,21-20-,24-23-. The fraction of sp³-hybridized carbons (Fsp3) is 0.800. The lowest BCUT2D eigenvalue weighted by Gasteiger charge is -2.15. The summed E-state index contributed by atoms with van der Waals surface area (Å²) in [6.07, 6.45) is 75.0. The van der Waals surface area contributed by atoms with E-state index in [9.17, 15) is 14.7 Å². The molecule has 0 rings (SSSR count). The average molecular weight is 910 g/mol. The summed E-state index contributed by atoms with van der Waals surface area (Å²) in [5.74, 6) is -0.576. The molecule has 0 aliphatic heterocycles. The van der Waals surface area contributed by atoms with Gasteiger partial charge < -0.3 is 14.6 Å². The molecule has 65 heavy (non-hydrogen) atoms. The van der Waals surface area contributed by atoms with Gasteiger partial charge in [0, 0.05) is 12.8 Å². The van der Waals surface area contributed by atoms with Crippen molar-refractivity contribution >= 4 is 11.9 Å². The lowest BCUT2D eigenvalue weighted by Crippen LogP contribution is -2.28. The first kappa shape index (κ1) is 62.6. The molecule has 0 bridgehead atoms. The maximum absolute atomic E-state index is 12.3. The Kier molecular flexibility index (Phi) is 53.9. The monoisotopic (exact) mass is 909 g/mol. The molecule has 0 aliphatic rings. The second kappa shape index (κ2) is 55.9. The number of aliphatic hydroxyl groups is 1. The molecule has 0 spiro atoms. The molecule has 1 N–H and O–H groups in total. The van der Waals surface area contributed by atoms with Crippen LogP contribution in [0.25, 0.3) is 0 Å². The molecule has 0 aliphatic carbocycles. The van der Waals surface area contributed by atoms with Crippen molar-refractivity contribution in [3.8, 4) is 0 Å². The zero-order valence-corrected chi connectivity index (χ0v) is 43.3. The largest absolute Gasteiger partial charge is 0.462 e. The van der Waals surface area contributed by atoms with Crippen LogP contribution >= 0.6 is 0 Å². The smallest absolute Gasteiger partial charge is 0.306 e. The number of carbonyl (C=O) groups is 2. The summed E-state index contributed by atoms with van der Waals surface area (Å²) in [6, 6.07) is 0. The summed E-state index contributed by atoms with van der Waals surface area (Å²) < 4.78 is 10.7. The van der Waals surface area contributed by atoms with Crippen LogP contribution in [0.1, 0.15) is 290 Å². The highest BCUT2D eigenvalue weighted by Gasteiger charge is 2.16. The van der Waals surface area contributed by atoms with E-state index in [0.717, 1.165) is 70.6 Å². The van der Waals surface area contributed by atoms with Crippen molar-refractivity contribution in [2.75, 3.05) is 13.2 Å². The highest BCUT2D eigenvalue weighted by Crippen LogP contribution is 2.17. The first-order valence-corrected chi connectivity index (χ1v) is 28.3. The number of carbonyl (C=O) groups excluding carboxylic acids is 2. The van der Waals surface area contributed by atoms with E-state index in [-0.39, 0.29) is 25.2 Å². The number of allylic oxidation sites excluding steroid dienone is 10. The van der Waals surface area contributed by atoms with Gasteiger partial charge in [-0.2, -0.15) is 0 Å². The summed E-state index contributed by atoms with van der Waals surface area (Å²) in [4.78, 5) is 24.4. The van der Waals surface area contributed by atoms with E-state index in [2.05, 4.69) is 74.6 Å². The zero-order chi connectivity index (χ0) is 47.0. The van der Waals surface area contributed by atoms with Gasteiger partial charge in [-0.25, -0.2) is 0 Å². The molecule has 0 aromatic carbocycles. The van der Waals surface area contributed by atoms with Crippen LogP contribution in [-0.4, -0.2) is 36.4 Å². The van der Waals surface area contributed by atoms with Gasteiger partial charge >= 0.3 is 11.9 Å². The van der Waals surface area contributed by atoms with Crippen molar-refractivity contribution in [2.24, 2.45) is 0 Å². The van der Waals surface area contributed by atoms with Gasteiger partial charge in [-0.15, -0.1) is 0 Å². The fourth-order valence-corrected chi connectivity index (χ4v) is 8.35. The first-order valence-electron chi connectivity index (χ1n) is 28.3. The third kappa shape index (κ3) is 54.1. The van der Waals surface area contributed by atoms with Gasteiger partial charge in [-0.05, 0) is 57.8 Å². The molecule has 0 fully saturated rings. The lowest BCUT2D eigenvalue weighted by atomic mass is 10.0. The van der Waals surface area contributed by atoms with Gasteiger partial charge in [-0.1, -0.05) is 280 Å². The number of hydrogen-bond acceptors (Lipinski definition) is 5. The van der Waals surface area contributed by atoms with E-state index in [4.69, 9.17) is 9.47 Å². The summed E-state index contributed by atoms with van der Waals surface area (Å²) in [6.45, 7) is 4.05. The third-order valence-electron chi connectivity index (χ3n) is 12.6. The summed E-state index contributed by atoms with van der Waals surface area (Å²) in [5.41, 5.74) is 0. The number of unbranched alkanes of at least 4 members (excludes halogenated alkanes) is 34. The molecule has 1 atom stereocenters. The van der Waals surface area contributed by atoms with Crippen LogP contribution in [0.4, 0.5) is 0 Å². The second-order valence-corrected chi connectivity index (χ2v) is 19.0. The van der Waals surface area contributed by atoms with Crippen LogP contribution in [0.15, 0.2) is 60.8 Å². The topological polar surface area (TPSA) is 72.8 Å². The molecule has 0 radical (unpaired) electrons. The van der Waals surface area contributed by atoms with Crippen LogP contribution in [-0.2, 0) is 19.1 Å². The van der Waals surface area contributed by atoms with Crippen molar-refractivity contribution in [1.82, 2.24) is 0 Å². The van der Waals surface area contributed by atoms with Gasteiger partial charge in [0.15, 0.2) is 6.10 Å². The minimum atomic E-state index is -0.767. The third-order valence-corrected chi connectivity index (χ3v) is 12.6. The number of esters is 2. The number of ether oxygens (including phenoxy) is 2. The molecule has 0 aromatic heterocycles. The zero-order valence-electron chi connectivity index (χ0n) is 43.3. The van der Waals surface area contributed by atoms with Crippen LogP contribution in [0, 0.1) is 0 Å². The number of rotatable bonds is 52. The molecular formula is C60H108O5. The molecule has 0 saturated heterocycles. The van der Waals surface area contributed by atoms with E-state index < -0.39 is 6.10 Å². The maximum Gasteiger partial charge on any atom is 0.306 e. The molecule has 0 aromatic rings. The summed E-state index contributed by atoms with van der Waals surface area (Å²) in [7, 11) is 0. The van der Waals surface area contributed by atoms with Crippen LogP contribution in [0.3, 0.4) is 0 Å². The minimum absolute atomic E-state index is 0.0604. The maximum atomic E-state index is 12.3. The molecule has 378 valence electrons. The molecule has 1 unspecified atom stereocenters. The molecule has 0 heterocycles. The van der Waals surface area contributed by atoms with Crippen LogP contribution < -0.4 is 0 Å². The molecule has 0 amide bonds. The highest BCUT2D eigenvalue weighted by atomic mass is 16.6. The van der Waals surface area contributed by atoms with Gasteiger partial charge in [0.2, 0.25) is 0 Å². The summed E-state index contributed by atoms with van der Waals surface area (Å²) >= 11 is 0. The Morgan fingerprint density at radius 2 is 0.662 bits per heavy atom. The predicted molar refractivity (Wildman–Crippen MR) is 284 cm³/mol. The van der Waals surface area contributed by atoms with Gasteiger partial charge in [0.05, 0.1) is 6.61 Å². The van der Waals surface area contributed by atoms with Crippen molar-refractivity contribution < 1.29 is 24.2 Å². The van der Waals surface area contributed by atoms with Gasteiger partial charge in [0.25, 0.3) is 0 Å². The lowest BCUT2D eigenvalue weighted by molar-refractivity contribution is -0.161. The molecule has 5 heteroatoms. The predicted octanol–water partition coefficient (Wildman–Crippen LogP) is 19.0. The highest BCUT2D eigenvalue weighted by molar-refractivity contribution is 5.70. The normalized spacial score (nSPS) is 12.6. The quantitative estimate of drug-likeness (QED) is 0.0374. The van der Waals surface area contributed by atoms with Crippen molar-refractivity contribution in [3.63, 3.8) is 0 Å². The molecular weight excluding hydrogens is 801 g/mol.